The van der Waals surface area contributed by atoms with E-state index in [4.69, 9.17) is 19.7 Å². The van der Waals surface area contributed by atoms with E-state index in [9.17, 15) is 38.0 Å². The Morgan fingerprint density at radius 3 is 1.38 bits per heavy atom. The lowest BCUT2D eigenvalue weighted by Gasteiger charge is -2.17. The van der Waals surface area contributed by atoms with Gasteiger partial charge in [-0.1, -0.05) is 59.9 Å². The molecule has 0 aliphatic heterocycles. The molecule has 8 N–H and O–H groups in total. The minimum atomic E-state index is -1.15. The molecule has 0 amide bonds. The van der Waals surface area contributed by atoms with Crippen molar-refractivity contribution in [3.8, 4) is 0 Å². The molecule has 4 aliphatic rings. The molecule has 6 aromatic rings. The summed E-state index contributed by atoms with van der Waals surface area (Å²) in [4.78, 5) is 18.5. The molecule has 4 aromatic heterocycles. The average molecular weight is 1050 g/mol. The number of nitrogens with zero attached hydrogens (tertiary/aromatic N) is 10. The number of aromatic nitrogens is 10. The van der Waals surface area contributed by atoms with Crippen LogP contribution in [0.5, 0.6) is 0 Å². The highest BCUT2D eigenvalue weighted by Gasteiger charge is 2.47. The third kappa shape index (κ3) is 11.1. The first-order valence-electron chi connectivity index (χ1n) is 23.9. The van der Waals surface area contributed by atoms with Gasteiger partial charge in [-0.05, 0) is 61.1 Å². The largest absolute Gasteiger partial charge is 0.394 e. The van der Waals surface area contributed by atoms with E-state index < -0.39 is 72.0 Å². The van der Waals surface area contributed by atoms with Gasteiger partial charge < -0.3 is 50.7 Å². The summed E-state index contributed by atoms with van der Waals surface area (Å²) < 4.78 is 68.0. The topological polar surface area (TPSA) is 277 Å². The maximum absolute atomic E-state index is 13.7. The predicted molar refractivity (Wildman–Crippen MR) is 256 cm³/mol. The molecular weight excluding hydrogens is 989 g/mol. The van der Waals surface area contributed by atoms with E-state index in [-0.39, 0.29) is 63.2 Å². The molecule has 0 bridgehead atoms. The van der Waals surface area contributed by atoms with Crippen LogP contribution in [0.1, 0.15) is 87.4 Å². The Labute approximate surface area is 418 Å². The van der Waals surface area contributed by atoms with E-state index in [1.54, 1.807) is 12.1 Å². The van der Waals surface area contributed by atoms with Gasteiger partial charge in [0.1, 0.15) is 24.4 Å². The SMILES string of the molecule is CCCSc1nc(N[C@@H]2C[C@@H]2c2ccc(F)c(F)c2)c2nnn([C@H]3C[C@@H](OCCO)[C@H](O)[C@@H]3O)c2n1.CCCSc1nc(N[C@H]2C[C@H]2c2ccc(F)c(F)c2)c2nnn([C@H]3C[C@@H](OCCO)[C@H](O)[C@@H]3O)c2n1. The van der Waals surface area contributed by atoms with Crippen LogP contribution in [0.4, 0.5) is 29.2 Å². The Kier molecular flexibility index (Phi) is 16.4. The molecule has 10 rings (SSSR count). The Balaban J connectivity index is 0.000000178. The van der Waals surface area contributed by atoms with Gasteiger partial charge in [0.15, 0.2) is 67.5 Å². The predicted octanol–water partition coefficient (Wildman–Crippen LogP) is 4.03. The number of thioether (sulfide) groups is 2. The van der Waals surface area contributed by atoms with E-state index >= 15 is 0 Å². The zero-order chi connectivity index (χ0) is 50.8. The third-order valence-corrected chi connectivity index (χ3v) is 15.2. The van der Waals surface area contributed by atoms with E-state index in [0.29, 0.717) is 55.4 Å². The number of hydrogen-bond acceptors (Lipinski definition) is 20. The van der Waals surface area contributed by atoms with Crippen LogP contribution in [0.2, 0.25) is 0 Å². The highest BCUT2D eigenvalue weighted by molar-refractivity contribution is 7.99. The van der Waals surface area contributed by atoms with Gasteiger partial charge in [-0.15, -0.1) is 10.2 Å². The molecule has 0 spiro atoms. The molecule has 4 aliphatic carbocycles. The summed E-state index contributed by atoms with van der Waals surface area (Å²) >= 11 is 2.96. The molecule has 0 saturated heterocycles. The lowest BCUT2D eigenvalue weighted by molar-refractivity contribution is -0.0629. The number of aliphatic hydroxyl groups is 6. The molecule has 2 aromatic carbocycles. The van der Waals surface area contributed by atoms with E-state index in [0.717, 1.165) is 49.3 Å². The van der Waals surface area contributed by atoms with Gasteiger partial charge in [0.25, 0.3) is 0 Å². The molecule has 20 nitrogen and oxygen atoms in total. The molecule has 0 unspecified atom stereocenters. The lowest BCUT2D eigenvalue weighted by atomic mass is 10.1. The fourth-order valence-electron chi connectivity index (χ4n) is 9.23. The van der Waals surface area contributed by atoms with Gasteiger partial charge in [0.05, 0.1) is 50.7 Å². The summed E-state index contributed by atoms with van der Waals surface area (Å²) in [6.45, 7) is 3.82. The second-order valence-electron chi connectivity index (χ2n) is 18.2. The number of fused-ring (bicyclic) bond motifs is 2. The standard InChI is InChI=1S/2C23H28F2N6O4S/c2*1-2-7-36-23-27-21(26-15-9-12(15)11-3-4-13(24)14(25)8-11)18-22(28-23)31(30-29-18)16-10-17(35-6-5-32)20(34)19(16)33/h2*3-4,8,12,15-17,19-20,32-34H,2,5-7,9-10H2,1H3,(H,26,27,28)/t12-,15-,16+,17-,19-,20+;12-,15-,16-,17+,19+,20-/m10/s1. The van der Waals surface area contributed by atoms with Crippen LogP contribution in [-0.4, -0.2) is 167 Å². The van der Waals surface area contributed by atoms with Crippen LogP contribution in [0.3, 0.4) is 0 Å². The van der Waals surface area contributed by atoms with Crippen molar-refractivity contribution in [3.63, 3.8) is 0 Å². The van der Waals surface area contributed by atoms with Gasteiger partial charge in [0.2, 0.25) is 0 Å². The van der Waals surface area contributed by atoms with Crippen molar-refractivity contribution in [2.75, 3.05) is 48.6 Å². The lowest BCUT2D eigenvalue weighted by Crippen LogP contribution is -2.33. The summed E-state index contributed by atoms with van der Waals surface area (Å²) in [7, 11) is 0. The molecular formula is C46H56F4N12O8S2. The zero-order valence-electron chi connectivity index (χ0n) is 39.2. The van der Waals surface area contributed by atoms with Crippen molar-refractivity contribution < 1.29 is 57.7 Å². The van der Waals surface area contributed by atoms with Gasteiger partial charge in [0, 0.05) is 48.3 Å². The van der Waals surface area contributed by atoms with Gasteiger partial charge in [-0.2, -0.15) is 0 Å². The number of nitrogens with one attached hydrogen (secondary N) is 2. The second-order valence-corrected chi connectivity index (χ2v) is 20.3. The van der Waals surface area contributed by atoms with Crippen molar-refractivity contribution in [1.29, 1.82) is 0 Å². The molecule has 388 valence electrons. The first kappa shape index (κ1) is 52.0. The highest BCUT2D eigenvalue weighted by Crippen LogP contribution is 2.46. The first-order chi connectivity index (χ1) is 34.8. The van der Waals surface area contributed by atoms with Gasteiger partial charge >= 0.3 is 0 Å². The molecule has 4 heterocycles. The Morgan fingerprint density at radius 2 is 1.00 bits per heavy atom. The normalized spacial score (nSPS) is 27.6. The fraction of sp³-hybridized carbons (Fsp3) is 0.565. The van der Waals surface area contributed by atoms with Crippen LogP contribution in [0.25, 0.3) is 22.3 Å². The summed E-state index contributed by atoms with van der Waals surface area (Å²) in [6.07, 6.45) is -2.08. The smallest absolute Gasteiger partial charge is 0.191 e. The van der Waals surface area contributed by atoms with Crippen LogP contribution in [0, 0.1) is 23.3 Å². The van der Waals surface area contributed by atoms with E-state index in [1.807, 2.05) is 0 Å². The van der Waals surface area contributed by atoms with Crippen LogP contribution < -0.4 is 10.6 Å². The van der Waals surface area contributed by atoms with Crippen molar-refractivity contribution in [1.82, 2.24) is 49.9 Å². The van der Waals surface area contributed by atoms with Crippen molar-refractivity contribution in [2.45, 2.75) is 135 Å². The molecule has 26 heteroatoms. The Bertz CT molecular complexity index is 2650. The van der Waals surface area contributed by atoms with Gasteiger partial charge in [-0.3, -0.25) is 0 Å². The van der Waals surface area contributed by atoms with Crippen molar-refractivity contribution in [3.05, 3.63) is 70.8 Å². The molecule has 0 radical (unpaired) electrons. The summed E-state index contributed by atoms with van der Waals surface area (Å²) in [5.74, 6) is -0.944. The number of rotatable bonds is 20. The maximum Gasteiger partial charge on any atom is 0.191 e. The molecule has 4 fully saturated rings. The molecule has 12 atom stereocenters. The fourth-order valence-corrected chi connectivity index (χ4v) is 10.6. The van der Waals surface area contributed by atoms with Crippen LogP contribution >= 0.6 is 23.5 Å². The number of halogens is 4. The van der Waals surface area contributed by atoms with Crippen LogP contribution in [0.15, 0.2) is 46.7 Å². The number of benzene rings is 2. The van der Waals surface area contributed by atoms with E-state index in [2.05, 4.69) is 65.0 Å². The second kappa shape index (κ2) is 22.7. The minimum absolute atomic E-state index is 0.00291. The van der Waals surface area contributed by atoms with Crippen molar-refractivity contribution in [2.24, 2.45) is 0 Å². The monoisotopic (exact) mass is 1040 g/mol. The number of ether oxygens (including phenoxy) is 2. The quantitative estimate of drug-likeness (QED) is 0.0305. The van der Waals surface area contributed by atoms with Crippen LogP contribution in [-0.2, 0) is 9.47 Å². The Morgan fingerprint density at radius 1 is 0.583 bits per heavy atom. The number of anilines is 2. The maximum atomic E-state index is 13.7. The van der Waals surface area contributed by atoms with Gasteiger partial charge in [-0.25, -0.2) is 46.9 Å². The number of aliphatic hydroxyl groups excluding tert-OH is 6. The molecule has 4 saturated carbocycles. The Hall–Kier alpha value is -4.90. The van der Waals surface area contributed by atoms with Crippen molar-refractivity contribution >= 4 is 57.5 Å². The minimum Gasteiger partial charge on any atom is -0.394 e. The summed E-state index contributed by atoms with van der Waals surface area (Å²) in [6, 6.07) is 6.53. The highest BCUT2D eigenvalue weighted by atomic mass is 32.2. The first-order valence-corrected chi connectivity index (χ1v) is 25.9. The zero-order valence-corrected chi connectivity index (χ0v) is 40.8. The average Bonchev–Trinajstić information content (AvgIpc) is 4.14. The summed E-state index contributed by atoms with van der Waals surface area (Å²) in [5.41, 5.74) is 3.06. The summed E-state index contributed by atoms with van der Waals surface area (Å²) in [5, 5.41) is 85.1. The third-order valence-electron chi connectivity index (χ3n) is 13.1. The number of hydrogen-bond donors (Lipinski definition) is 8. The van der Waals surface area contributed by atoms with E-state index in [1.165, 1.54) is 45.0 Å². The molecule has 72 heavy (non-hydrogen) atoms.